The van der Waals surface area contributed by atoms with Gasteiger partial charge in [0.1, 0.15) is 6.61 Å². The summed E-state index contributed by atoms with van der Waals surface area (Å²) in [6.07, 6.45) is 58.5. The van der Waals surface area contributed by atoms with Crippen LogP contribution in [-0.4, -0.2) is 80.6 Å². The average Bonchev–Trinajstić information content (AvgIpc) is 3.22. The van der Waals surface area contributed by atoms with Crippen LogP contribution in [0.4, 0.5) is 0 Å². The zero-order valence-electron chi connectivity index (χ0n) is 39.1. The van der Waals surface area contributed by atoms with E-state index >= 15 is 0 Å². The summed E-state index contributed by atoms with van der Waals surface area (Å²) in [5.41, 5.74) is 0. The topological polar surface area (TPSA) is 99.1 Å². The summed E-state index contributed by atoms with van der Waals surface area (Å²) in [6.45, 7) is 4.49. The highest BCUT2D eigenvalue weighted by molar-refractivity contribution is 5.72. The molecule has 0 aliphatic carbocycles. The fourth-order valence-corrected chi connectivity index (χ4v) is 6.04. The van der Waals surface area contributed by atoms with Crippen LogP contribution in [0.15, 0.2) is 109 Å². The van der Waals surface area contributed by atoms with Crippen LogP contribution >= 0.6 is 0 Å². The number of rotatable bonds is 40. The summed E-state index contributed by atoms with van der Waals surface area (Å²) in [7, 11) is 5.49. The van der Waals surface area contributed by atoms with Crippen molar-refractivity contribution >= 4 is 17.9 Å². The fourth-order valence-electron chi connectivity index (χ4n) is 6.04. The number of allylic oxidation sites excluding steroid dienone is 18. The zero-order valence-corrected chi connectivity index (χ0v) is 39.1. The first-order valence-corrected chi connectivity index (χ1v) is 23.4. The number of ether oxygens (including phenoxy) is 3. The number of esters is 2. The van der Waals surface area contributed by atoms with Crippen LogP contribution in [0.5, 0.6) is 0 Å². The third kappa shape index (κ3) is 41.1. The number of unbranched alkanes of at least 4 members (excludes halogenated alkanes) is 8. The van der Waals surface area contributed by atoms with E-state index in [0.717, 1.165) is 89.9 Å². The predicted molar refractivity (Wildman–Crippen MR) is 256 cm³/mol. The van der Waals surface area contributed by atoms with Crippen LogP contribution in [-0.2, 0) is 28.6 Å². The van der Waals surface area contributed by atoms with Crippen molar-refractivity contribution in [3.63, 3.8) is 0 Å². The van der Waals surface area contributed by atoms with Crippen molar-refractivity contribution in [2.45, 2.75) is 167 Å². The molecule has 8 nitrogen and oxygen atoms in total. The first-order valence-electron chi connectivity index (χ1n) is 23.4. The van der Waals surface area contributed by atoms with Gasteiger partial charge in [-0.1, -0.05) is 142 Å². The molecule has 0 aliphatic rings. The Morgan fingerprint density at radius 3 is 1.36 bits per heavy atom. The highest BCUT2D eigenvalue weighted by Gasteiger charge is 2.31. The summed E-state index contributed by atoms with van der Waals surface area (Å²) in [6, 6.07) is -0.635. The summed E-state index contributed by atoms with van der Waals surface area (Å²) in [5.74, 6) is -1.58. The molecule has 0 fully saturated rings. The number of quaternary nitrogens is 1. The third-order valence-electron chi connectivity index (χ3n) is 9.66. The molecule has 2 atom stereocenters. The lowest BCUT2D eigenvalue weighted by Crippen LogP contribution is -2.50. The summed E-state index contributed by atoms with van der Waals surface area (Å²) in [4.78, 5) is 37.0. The van der Waals surface area contributed by atoms with E-state index in [-0.39, 0.29) is 42.7 Å². The number of likely N-dealkylation sites (N-methyl/N-ethyl adjacent to an activating group) is 1. The van der Waals surface area contributed by atoms with E-state index in [1.165, 1.54) is 25.7 Å². The lowest BCUT2D eigenvalue weighted by Gasteiger charge is -2.31. The molecule has 1 N–H and O–H groups in total. The van der Waals surface area contributed by atoms with E-state index in [1.54, 1.807) is 0 Å². The molecule has 0 radical (unpaired) electrons. The maximum absolute atomic E-state index is 12.7. The summed E-state index contributed by atoms with van der Waals surface area (Å²) in [5, 5.41) is 9.63. The van der Waals surface area contributed by atoms with E-state index < -0.39 is 18.1 Å². The number of carbonyl (C=O) groups excluding carboxylic acids is 2. The third-order valence-corrected chi connectivity index (χ3v) is 9.66. The highest BCUT2D eigenvalue weighted by Crippen LogP contribution is 2.11. The van der Waals surface area contributed by atoms with Crippen molar-refractivity contribution in [3.8, 4) is 0 Å². The average molecular weight is 849 g/mol. The molecule has 0 rings (SSSR count). The quantitative estimate of drug-likeness (QED) is 0.0284. The molecule has 8 heteroatoms. The van der Waals surface area contributed by atoms with Crippen LogP contribution in [0.3, 0.4) is 0 Å². The van der Waals surface area contributed by atoms with Crippen LogP contribution in [0.1, 0.15) is 155 Å². The number of aliphatic carboxylic acids is 1. The molecule has 344 valence electrons. The van der Waals surface area contributed by atoms with E-state index in [9.17, 15) is 19.5 Å². The van der Waals surface area contributed by atoms with E-state index in [0.29, 0.717) is 19.3 Å². The Balaban J connectivity index is 4.48. The predicted octanol–water partition coefficient (Wildman–Crippen LogP) is 13.2. The molecular weight excluding hydrogens is 763 g/mol. The molecule has 0 aromatic carbocycles. The van der Waals surface area contributed by atoms with Gasteiger partial charge >= 0.3 is 17.9 Å². The number of nitrogens with zero attached hydrogens (tertiary/aromatic N) is 1. The Bertz CT molecular complexity index is 1360. The molecule has 0 amide bonds. The second-order valence-electron chi connectivity index (χ2n) is 16.3. The minimum Gasteiger partial charge on any atom is -0.477 e. The normalized spacial score (nSPS) is 13.9. The Morgan fingerprint density at radius 2 is 0.918 bits per heavy atom. The van der Waals surface area contributed by atoms with E-state index in [1.807, 2.05) is 21.1 Å². The molecule has 0 heterocycles. The number of hydrogen-bond donors (Lipinski definition) is 1. The second kappa shape index (κ2) is 42.7. The molecule has 61 heavy (non-hydrogen) atoms. The van der Waals surface area contributed by atoms with Gasteiger partial charge in [-0.25, -0.2) is 4.79 Å². The van der Waals surface area contributed by atoms with Gasteiger partial charge < -0.3 is 23.8 Å². The Hall–Kier alpha value is -4.01. The maximum atomic E-state index is 12.7. The van der Waals surface area contributed by atoms with Crippen LogP contribution in [0, 0.1) is 0 Å². The van der Waals surface area contributed by atoms with Gasteiger partial charge in [0.05, 0.1) is 34.4 Å². The molecule has 0 aliphatic heterocycles. The van der Waals surface area contributed by atoms with Crippen molar-refractivity contribution in [3.05, 3.63) is 109 Å². The van der Waals surface area contributed by atoms with Gasteiger partial charge in [-0.3, -0.25) is 9.59 Å². The number of carbonyl (C=O) groups is 3. The number of carboxylic acids is 1. The van der Waals surface area contributed by atoms with Gasteiger partial charge in [0.25, 0.3) is 0 Å². The fraction of sp³-hybridized carbons (Fsp3) is 0.604. The minimum atomic E-state index is -0.892. The molecule has 0 aromatic rings. The van der Waals surface area contributed by atoms with Crippen molar-refractivity contribution < 1.29 is 38.2 Å². The van der Waals surface area contributed by atoms with E-state index in [4.69, 9.17) is 14.2 Å². The molecule has 2 unspecified atom stereocenters. The van der Waals surface area contributed by atoms with Crippen LogP contribution in [0.25, 0.3) is 0 Å². The lowest BCUT2D eigenvalue weighted by molar-refractivity contribution is -0.887. The Kier molecular flexibility index (Phi) is 39.9. The van der Waals surface area contributed by atoms with Crippen LogP contribution < -0.4 is 0 Å². The molecule has 0 bridgehead atoms. The van der Waals surface area contributed by atoms with Gasteiger partial charge in [0.2, 0.25) is 0 Å². The molecule has 0 aromatic heterocycles. The summed E-state index contributed by atoms with van der Waals surface area (Å²) >= 11 is 0. The summed E-state index contributed by atoms with van der Waals surface area (Å²) < 4.78 is 17.2. The standard InChI is InChI=1S/C53H85NO7/c1-6-8-10-12-14-16-18-20-22-24-25-26-27-28-30-32-34-36-38-40-42-44-52(56)61-49(47-59-46-45-50(53(57)58)54(3,4)5)48-60-51(55)43-41-39-37-35-33-31-29-23-21-19-17-15-13-11-9-7-2/h9,11,14-17,20-23,25-26,28,30-31,33-34,36,49-50H,6-8,10,12-13,18-19,24,27,29,32,35,37-48H2,1-5H3/p+1/b11-9+,16-14+,17-15+,22-20+,23-21+,26-25+,30-28+,33-31+,36-34+. The highest BCUT2D eigenvalue weighted by atomic mass is 16.6. The van der Waals surface area contributed by atoms with Gasteiger partial charge in [0.15, 0.2) is 12.1 Å². The van der Waals surface area contributed by atoms with Crippen molar-refractivity contribution in [1.82, 2.24) is 0 Å². The molecule has 0 spiro atoms. The first-order chi connectivity index (χ1) is 29.6. The number of carboxylic acid groups (broad SMARTS) is 1. The van der Waals surface area contributed by atoms with E-state index in [2.05, 4.69) is 123 Å². The van der Waals surface area contributed by atoms with Crippen molar-refractivity contribution in [2.24, 2.45) is 0 Å². The van der Waals surface area contributed by atoms with Crippen LogP contribution in [0.2, 0.25) is 0 Å². The maximum Gasteiger partial charge on any atom is 0.362 e. The minimum absolute atomic E-state index is 0.0254. The molecular formula is C53H86NO7+. The lowest BCUT2D eigenvalue weighted by atomic mass is 10.1. The van der Waals surface area contributed by atoms with Crippen molar-refractivity contribution in [1.29, 1.82) is 0 Å². The number of hydrogen-bond acceptors (Lipinski definition) is 6. The SMILES string of the molecule is CC/C=C/C/C=C/C/C=C/C/C=C/CCCCCC(=O)OCC(COCCC(C(=O)O)[N+](C)(C)C)OC(=O)CCCC/C=C/C/C=C/C/C=C/C/C=C/C/C=C/CCCCC. The largest absolute Gasteiger partial charge is 0.477 e. The second-order valence-corrected chi connectivity index (χ2v) is 16.3. The monoisotopic (exact) mass is 849 g/mol. The van der Waals surface area contributed by atoms with Gasteiger partial charge in [-0.15, -0.1) is 0 Å². The van der Waals surface area contributed by atoms with Gasteiger partial charge in [0, 0.05) is 19.3 Å². The smallest absolute Gasteiger partial charge is 0.362 e. The Labute approximate surface area is 372 Å². The van der Waals surface area contributed by atoms with Gasteiger partial charge in [-0.05, 0) is 103 Å². The molecule has 0 saturated carbocycles. The first kappa shape index (κ1) is 57.0. The van der Waals surface area contributed by atoms with Gasteiger partial charge in [-0.2, -0.15) is 0 Å². The van der Waals surface area contributed by atoms with Crippen molar-refractivity contribution in [2.75, 3.05) is 41.0 Å². The zero-order chi connectivity index (χ0) is 44.9. The Morgan fingerprint density at radius 1 is 0.508 bits per heavy atom. The molecule has 0 saturated heterocycles.